The van der Waals surface area contributed by atoms with Gasteiger partial charge in [0.15, 0.2) is 5.82 Å². The number of nitrogens with one attached hydrogen (secondary N) is 1. The smallest absolute Gasteiger partial charge is 0.157 e. The summed E-state index contributed by atoms with van der Waals surface area (Å²) in [5.74, 6) is 1.19. The monoisotopic (exact) mass is 320 g/mol. The number of nitrogens with zero attached hydrogens (tertiary/aromatic N) is 5. The van der Waals surface area contributed by atoms with Gasteiger partial charge in [0.05, 0.1) is 11.9 Å². The van der Waals surface area contributed by atoms with Crippen LogP contribution >= 0.6 is 0 Å². The number of rotatable bonds is 4. The summed E-state index contributed by atoms with van der Waals surface area (Å²) in [5.41, 5.74) is 3.12. The number of piperidine rings is 1. The first-order chi connectivity index (χ1) is 11.9. The van der Waals surface area contributed by atoms with Crippen molar-refractivity contribution in [2.24, 2.45) is 0 Å². The lowest BCUT2D eigenvalue weighted by Gasteiger charge is -2.32. The molecule has 1 atom stereocenters. The second-order valence-electron chi connectivity index (χ2n) is 6.20. The number of H-pyrrole nitrogens is 1. The molecule has 6 nitrogen and oxygen atoms in total. The highest BCUT2D eigenvalue weighted by Gasteiger charge is 2.23. The van der Waals surface area contributed by atoms with E-state index in [0.717, 1.165) is 43.3 Å². The standard InChI is InChI=1S/C18H20N6/c1-3-14(9-19-5-1)12-24-8-2-4-15(13-24)16-10-20-11-17(23-16)18-21-6-7-22-18/h1,3,5-7,9-11,15H,2,4,8,12-13H2,(H,21,22)/t15-/m0/s1. The molecule has 0 unspecified atom stereocenters. The Bertz CT molecular complexity index is 771. The highest BCUT2D eigenvalue weighted by molar-refractivity contribution is 5.47. The van der Waals surface area contributed by atoms with Gasteiger partial charge >= 0.3 is 0 Å². The van der Waals surface area contributed by atoms with Gasteiger partial charge in [0.2, 0.25) is 0 Å². The van der Waals surface area contributed by atoms with Crippen LogP contribution in [0.5, 0.6) is 0 Å². The van der Waals surface area contributed by atoms with Gasteiger partial charge in [-0.05, 0) is 31.0 Å². The third-order valence-electron chi connectivity index (χ3n) is 4.45. The van der Waals surface area contributed by atoms with E-state index in [2.05, 4.69) is 30.9 Å². The average Bonchev–Trinajstić information content (AvgIpc) is 3.18. The molecule has 0 saturated carbocycles. The lowest BCUT2D eigenvalue weighted by Crippen LogP contribution is -2.34. The first-order valence-electron chi connectivity index (χ1n) is 8.31. The molecular weight excluding hydrogens is 300 g/mol. The molecule has 1 aliphatic heterocycles. The van der Waals surface area contributed by atoms with Crippen LogP contribution in [0.15, 0.2) is 49.3 Å². The van der Waals surface area contributed by atoms with Crippen LogP contribution in [-0.2, 0) is 6.54 Å². The fraction of sp³-hybridized carbons (Fsp3) is 0.333. The number of pyridine rings is 1. The van der Waals surface area contributed by atoms with E-state index in [1.165, 1.54) is 12.0 Å². The summed E-state index contributed by atoms with van der Waals surface area (Å²) in [5, 5.41) is 0. The van der Waals surface area contributed by atoms with Crippen LogP contribution in [0.25, 0.3) is 11.5 Å². The Balaban J connectivity index is 1.49. The molecular formula is C18H20N6. The Hall–Kier alpha value is -2.60. The van der Waals surface area contributed by atoms with Crippen molar-refractivity contribution < 1.29 is 0 Å². The third kappa shape index (κ3) is 3.33. The first-order valence-corrected chi connectivity index (χ1v) is 8.31. The van der Waals surface area contributed by atoms with Crippen LogP contribution in [-0.4, -0.2) is 42.9 Å². The molecule has 4 heterocycles. The van der Waals surface area contributed by atoms with Crippen molar-refractivity contribution in [2.45, 2.75) is 25.3 Å². The normalized spacial score (nSPS) is 18.6. The van der Waals surface area contributed by atoms with Crippen LogP contribution in [0.2, 0.25) is 0 Å². The van der Waals surface area contributed by atoms with Gasteiger partial charge in [-0.15, -0.1) is 0 Å². The minimum Gasteiger partial charge on any atom is -0.343 e. The van der Waals surface area contributed by atoms with Crippen molar-refractivity contribution in [3.05, 3.63) is 60.6 Å². The molecule has 6 heteroatoms. The second-order valence-corrected chi connectivity index (χ2v) is 6.20. The Morgan fingerprint density at radius 1 is 1.17 bits per heavy atom. The number of hydrogen-bond donors (Lipinski definition) is 1. The van der Waals surface area contributed by atoms with Crippen molar-refractivity contribution in [3.8, 4) is 11.5 Å². The zero-order chi connectivity index (χ0) is 16.2. The number of aromatic amines is 1. The first kappa shape index (κ1) is 15.0. The molecule has 0 bridgehead atoms. The Morgan fingerprint density at radius 2 is 2.17 bits per heavy atom. The van der Waals surface area contributed by atoms with Crippen molar-refractivity contribution in [2.75, 3.05) is 13.1 Å². The highest BCUT2D eigenvalue weighted by Crippen LogP contribution is 2.27. The van der Waals surface area contributed by atoms with E-state index < -0.39 is 0 Å². The summed E-state index contributed by atoms with van der Waals surface area (Å²) >= 11 is 0. The van der Waals surface area contributed by atoms with E-state index >= 15 is 0 Å². The molecule has 3 aromatic rings. The lowest BCUT2D eigenvalue weighted by atomic mass is 9.94. The number of likely N-dealkylation sites (tertiary alicyclic amines) is 1. The molecule has 1 saturated heterocycles. The van der Waals surface area contributed by atoms with Crippen molar-refractivity contribution in [1.29, 1.82) is 0 Å². The maximum Gasteiger partial charge on any atom is 0.157 e. The fourth-order valence-corrected chi connectivity index (χ4v) is 3.29. The third-order valence-corrected chi connectivity index (χ3v) is 4.45. The van der Waals surface area contributed by atoms with Gasteiger partial charge in [-0.1, -0.05) is 6.07 Å². The lowest BCUT2D eigenvalue weighted by molar-refractivity contribution is 0.198. The molecule has 3 aromatic heterocycles. The molecule has 0 amide bonds. The predicted octanol–water partition coefficient (Wildman–Crippen LogP) is 2.64. The zero-order valence-corrected chi connectivity index (χ0v) is 13.5. The topological polar surface area (TPSA) is 70.6 Å². The quantitative estimate of drug-likeness (QED) is 0.800. The minimum atomic E-state index is 0.415. The predicted molar refractivity (Wildman–Crippen MR) is 91.1 cm³/mol. The molecule has 1 N–H and O–H groups in total. The van der Waals surface area contributed by atoms with Crippen LogP contribution in [0, 0.1) is 0 Å². The van der Waals surface area contributed by atoms with E-state index in [9.17, 15) is 0 Å². The Labute approximate surface area is 141 Å². The number of hydrogen-bond acceptors (Lipinski definition) is 5. The van der Waals surface area contributed by atoms with Gasteiger partial charge in [-0.25, -0.2) is 9.97 Å². The van der Waals surface area contributed by atoms with Crippen LogP contribution < -0.4 is 0 Å². The fourth-order valence-electron chi connectivity index (χ4n) is 3.29. The maximum atomic E-state index is 4.79. The molecule has 4 rings (SSSR count). The molecule has 0 aromatic carbocycles. The molecule has 24 heavy (non-hydrogen) atoms. The van der Waals surface area contributed by atoms with E-state index in [1.54, 1.807) is 18.6 Å². The number of aromatic nitrogens is 5. The number of imidazole rings is 1. The van der Waals surface area contributed by atoms with Gasteiger partial charge < -0.3 is 4.98 Å². The Morgan fingerprint density at radius 3 is 3.00 bits per heavy atom. The molecule has 1 fully saturated rings. The van der Waals surface area contributed by atoms with Gasteiger partial charge in [0.25, 0.3) is 0 Å². The van der Waals surface area contributed by atoms with Gasteiger partial charge in [-0.2, -0.15) is 0 Å². The van der Waals surface area contributed by atoms with Crippen molar-refractivity contribution >= 4 is 0 Å². The second kappa shape index (κ2) is 6.88. The summed E-state index contributed by atoms with van der Waals surface area (Å²) in [7, 11) is 0. The SMILES string of the molecule is c1cncc(CN2CCC[C@H](c3cncc(-c4ncc[nH]4)n3)C2)c1. The van der Waals surface area contributed by atoms with Crippen LogP contribution in [0.1, 0.15) is 30.0 Å². The highest BCUT2D eigenvalue weighted by atomic mass is 15.1. The van der Waals surface area contributed by atoms with Gasteiger partial charge in [0, 0.05) is 50.0 Å². The Kier molecular flexibility index (Phi) is 4.29. The summed E-state index contributed by atoms with van der Waals surface area (Å²) in [4.78, 5) is 23.2. The van der Waals surface area contributed by atoms with Crippen molar-refractivity contribution in [1.82, 2.24) is 29.8 Å². The molecule has 0 spiro atoms. The summed E-state index contributed by atoms with van der Waals surface area (Å²) in [6.45, 7) is 3.07. The summed E-state index contributed by atoms with van der Waals surface area (Å²) in [6.07, 6.45) is 13.3. The zero-order valence-electron chi connectivity index (χ0n) is 13.5. The van der Waals surface area contributed by atoms with Crippen LogP contribution in [0.4, 0.5) is 0 Å². The average molecular weight is 320 g/mol. The van der Waals surface area contributed by atoms with Gasteiger partial charge in [0.1, 0.15) is 5.69 Å². The van der Waals surface area contributed by atoms with Crippen molar-refractivity contribution in [3.63, 3.8) is 0 Å². The van der Waals surface area contributed by atoms with E-state index in [0.29, 0.717) is 5.92 Å². The summed E-state index contributed by atoms with van der Waals surface area (Å²) < 4.78 is 0. The molecule has 1 aliphatic rings. The van der Waals surface area contributed by atoms with Crippen LogP contribution in [0.3, 0.4) is 0 Å². The van der Waals surface area contributed by atoms with Gasteiger partial charge in [-0.3, -0.25) is 14.9 Å². The van der Waals surface area contributed by atoms with E-state index in [-0.39, 0.29) is 0 Å². The minimum absolute atomic E-state index is 0.415. The molecule has 0 radical (unpaired) electrons. The molecule has 122 valence electrons. The maximum absolute atomic E-state index is 4.79. The summed E-state index contributed by atoms with van der Waals surface area (Å²) in [6, 6.07) is 4.13. The largest absolute Gasteiger partial charge is 0.343 e. The van der Waals surface area contributed by atoms with E-state index in [4.69, 9.17) is 4.98 Å². The molecule has 0 aliphatic carbocycles. The van der Waals surface area contributed by atoms with E-state index in [1.807, 2.05) is 24.7 Å².